The summed E-state index contributed by atoms with van der Waals surface area (Å²) in [6.45, 7) is 2.58. The van der Waals surface area contributed by atoms with Crippen LogP contribution in [0.4, 0.5) is 5.69 Å². The van der Waals surface area contributed by atoms with Crippen molar-refractivity contribution in [1.29, 1.82) is 0 Å². The fourth-order valence-corrected chi connectivity index (χ4v) is 3.56. The molecule has 1 fully saturated rings. The lowest BCUT2D eigenvalue weighted by atomic mass is 10.2. The number of carbonyl (C=O) groups excluding carboxylic acids is 1. The Hall–Kier alpha value is -2.73. The van der Waals surface area contributed by atoms with E-state index in [1.165, 1.54) is 4.57 Å². The zero-order chi connectivity index (χ0) is 18.1. The first-order chi connectivity index (χ1) is 12.6. The molecule has 1 aliphatic heterocycles. The number of nitrogens with zero attached hydrogens (tertiary/aromatic N) is 3. The number of hydrogen-bond acceptors (Lipinski definition) is 4. The largest absolute Gasteiger partial charge is 0.420 e. The number of carbonyl (C=O) groups is 1. The molecule has 0 bridgehead atoms. The van der Waals surface area contributed by atoms with Crippen molar-refractivity contribution in [3.63, 3.8) is 0 Å². The molecule has 1 aliphatic rings. The van der Waals surface area contributed by atoms with Crippen molar-refractivity contribution >= 4 is 34.3 Å². The van der Waals surface area contributed by atoms with Gasteiger partial charge in [-0.1, -0.05) is 35.9 Å². The van der Waals surface area contributed by atoms with Crippen molar-refractivity contribution in [3.8, 4) is 0 Å². The van der Waals surface area contributed by atoms with Gasteiger partial charge in [-0.15, -0.1) is 0 Å². The number of halogens is 1. The van der Waals surface area contributed by atoms with Gasteiger partial charge in [-0.3, -0.25) is 9.36 Å². The van der Waals surface area contributed by atoms with Crippen molar-refractivity contribution in [2.45, 2.75) is 6.54 Å². The van der Waals surface area contributed by atoms with Gasteiger partial charge >= 0.3 is 5.76 Å². The highest BCUT2D eigenvalue weighted by molar-refractivity contribution is 6.33. The molecule has 1 aromatic heterocycles. The molecule has 7 heteroatoms. The molecule has 0 N–H and O–H groups in total. The number of oxazole rings is 1. The zero-order valence-corrected chi connectivity index (χ0v) is 14.9. The van der Waals surface area contributed by atoms with Gasteiger partial charge in [-0.25, -0.2) is 4.79 Å². The predicted octanol–water partition coefficient (Wildman–Crippen LogP) is 2.60. The molecule has 1 amide bonds. The van der Waals surface area contributed by atoms with Crippen molar-refractivity contribution in [3.05, 3.63) is 64.1 Å². The second-order valence-corrected chi connectivity index (χ2v) is 6.65. The van der Waals surface area contributed by atoms with Crippen molar-refractivity contribution < 1.29 is 9.21 Å². The Morgan fingerprint density at radius 2 is 1.69 bits per heavy atom. The van der Waals surface area contributed by atoms with Crippen LogP contribution in [0, 0.1) is 0 Å². The molecule has 4 rings (SSSR count). The summed E-state index contributed by atoms with van der Waals surface area (Å²) in [4.78, 5) is 28.6. The number of hydrogen-bond donors (Lipinski definition) is 0. The molecular formula is C19H18ClN3O3. The Balaban J connectivity index is 1.45. The lowest BCUT2D eigenvalue weighted by Crippen LogP contribution is -2.50. The molecule has 0 radical (unpaired) electrons. The molecule has 134 valence electrons. The molecular weight excluding hydrogens is 354 g/mol. The van der Waals surface area contributed by atoms with Crippen LogP contribution in [-0.2, 0) is 11.3 Å². The van der Waals surface area contributed by atoms with Crippen LogP contribution in [0.3, 0.4) is 0 Å². The van der Waals surface area contributed by atoms with Gasteiger partial charge in [0.25, 0.3) is 0 Å². The standard InChI is InChI=1S/C19H18ClN3O3/c20-14-5-1-2-6-15(14)21-9-11-22(12-10-21)18(24)13-23-16-7-3-4-8-17(16)26-19(23)25/h1-8H,9-13H2. The first kappa shape index (κ1) is 16.7. The van der Waals surface area contributed by atoms with Crippen molar-refractivity contribution in [1.82, 2.24) is 9.47 Å². The van der Waals surface area contributed by atoms with Gasteiger partial charge < -0.3 is 14.2 Å². The highest BCUT2D eigenvalue weighted by Gasteiger charge is 2.23. The van der Waals surface area contributed by atoms with E-state index in [-0.39, 0.29) is 12.5 Å². The highest BCUT2D eigenvalue weighted by atomic mass is 35.5. The second kappa shape index (κ2) is 6.88. The Morgan fingerprint density at radius 3 is 2.46 bits per heavy atom. The topological polar surface area (TPSA) is 58.7 Å². The van der Waals surface area contributed by atoms with E-state index in [0.717, 1.165) is 5.69 Å². The Kier molecular flexibility index (Phi) is 4.42. The summed E-state index contributed by atoms with van der Waals surface area (Å²) in [6, 6.07) is 14.8. The van der Waals surface area contributed by atoms with Crippen molar-refractivity contribution in [2.24, 2.45) is 0 Å². The van der Waals surface area contributed by atoms with E-state index < -0.39 is 5.76 Å². The molecule has 3 aromatic rings. The van der Waals surface area contributed by atoms with E-state index in [9.17, 15) is 9.59 Å². The van der Waals surface area contributed by atoms with Gasteiger partial charge in [0, 0.05) is 26.2 Å². The second-order valence-electron chi connectivity index (χ2n) is 6.24. The van der Waals surface area contributed by atoms with E-state index in [2.05, 4.69) is 4.90 Å². The summed E-state index contributed by atoms with van der Waals surface area (Å²) in [7, 11) is 0. The van der Waals surface area contributed by atoms with Crippen LogP contribution < -0.4 is 10.7 Å². The number of para-hydroxylation sites is 3. The first-order valence-electron chi connectivity index (χ1n) is 8.49. The average Bonchev–Trinajstić information content (AvgIpc) is 2.98. The average molecular weight is 372 g/mol. The molecule has 0 saturated carbocycles. The maximum absolute atomic E-state index is 12.7. The fourth-order valence-electron chi connectivity index (χ4n) is 3.30. The molecule has 0 atom stereocenters. The summed E-state index contributed by atoms with van der Waals surface area (Å²) in [6.07, 6.45) is 0. The van der Waals surface area contributed by atoms with E-state index in [1.807, 2.05) is 30.3 Å². The van der Waals surface area contributed by atoms with E-state index in [1.54, 1.807) is 23.1 Å². The summed E-state index contributed by atoms with van der Waals surface area (Å²) >= 11 is 6.25. The van der Waals surface area contributed by atoms with Crippen LogP contribution >= 0.6 is 11.6 Å². The monoisotopic (exact) mass is 371 g/mol. The summed E-state index contributed by atoms with van der Waals surface area (Å²) in [5.41, 5.74) is 2.12. The van der Waals surface area contributed by atoms with Gasteiger partial charge in [0.05, 0.1) is 16.2 Å². The quantitative estimate of drug-likeness (QED) is 0.710. The Bertz CT molecular complexity index is 1000. The number of amides is 1. The minimum atomic E-state index is -0.505. The molecule has 2 heterocycles. The molecule has 0 aliphatic carbocycles. The Labute approximate surface area is 155 Å². The first-order valence-corrected chi connectivity index (χ1v) is 8.87. The third-order valence-corrected chi connectivity index (χ3v) is 5.01. The van der Waals surface area contributed by atoms with E-state index >= 15 is 0 Å². The molecule has 0 spiro atoms. The summed E-state index contributed by atoms with van der Waals surface area (Å²) in [5, 5.41) is 0.712. The lowest BCUT2D eigenvalue weighted by Gasteiger charge is -2.36. The van der Waals surface area contributed by atoms with Crippen LogP contribution in [-0.4, -0.2) is 41.6 Å². The van der Waals surface area contributed by atoms with Crippen LogP contribution in [0.1, 0.15) is 0 Å². The molecule has 6 nitrogen and oxygen atoms in total. The van der Waals surface area contributed by atoms with E-state index in [4.69, 9.17) is 16.0 Å². The number of anilines is 1. The minimum absolute atomic E-state index is 0.0120. The zero-order valence-electron chi connectivity index (χ0n) is 14.1. The molecule has 2 aromatic carbocycles. The summed E-state index contributed by atoms with van der Waals surface area (Å²) in [5.74, 6) is -0.591. The minimum Gasteiger partial charge on any atom is -0.408 e. The Morgan fingerprint density at radius 1 is 1.00 bits per heavy atom. The normalized spacial score (nSPS) is 14.8. The van der Waals surface area contributed by atoms with Crippen LogP contribution in [0.5, 0.6) is 0 Å². The SMILES string of the molecule is O=C(Cn1c(=O)oc2ccccc21)N1CCN(c2ccccc2Cl)CC1. The highest BCUT2D eigenvalue weighted by Crippen LogP contribution is 2.26. The third-order valence-electron chi connectivity index (χ3n) is 4.69. The number of rotatable bonds is 3. The van der Waals surface area contributed by atoms with Crippen LogP contribution in [0.15, 0.2) is 57.7 Å². The van der Waals surface area contributed by atoms with Gasteiger partial charge in [-0.05, 0) is 24.3 Å². The lowest BCUT2D eigenvalue weighted by molar-refractivity contribution is -0.132. The van der Waals surface area contributed by atoms with Gasteiger partial charge in [0.1, 0.15) is 6.54 Å². The number of aromatic nitrogens is 1. The van der Waals surface area contributed by atoms with Crippen LogP contribution in [0.2, 0.25) is 5.02 Å². The van der Waals surface area contributed by atoms with E-state index in [0.29, 0.717) is 42.3 Å². The van der Waals surface area contributed by atoms with Crippen molar-refractivity contribution in [2.75, 3.05) is 31.1 Å². The van der Waals surface area contributed by atoms with Gasteiger partial charge in [0.15, 0.2) is 5.58 Å². The molecule has 26 heavy (non-hydrogen) atoms. The molecule has 1 saturated heterocycles. The van der Waals surface area contributed by atoms with Gasteiger partial charge in [-0.2, -0.15) is 0 Å². The van der Waals surface area contributed by atoms with Crippen LogP contribution in [0.25, 0.3) is 11.1 Å². The maximum atomic E-state index is 12.7. The summed E-state index contributed by atoms with van der Waals surface area (Å²) < 4.78 is 6.58. The smallest absolute Gasteiger partial charge is 0.408 e. The number of piperazine rings is 1. The fraction of sp³-hybridized carbons (Fsp3) is 0.263. The number of fused-ring (bicyclic) bond motifs is 1. The molecule has 0 unspecified atom stereocenters. The third kappa shape index (κ3) is 3.08. The predicted molar refractivity (Wildman–Crippen MR) is 101 cm³/mol. The maximum Gasteiger partial charge on any atom is 0.420 e. The number of benzene rings is 2. The van der Waals surface area contributed by atoms with Gasteiger partial charge in [0.2, 0.25) is 5.91 Å².